The molecule has 24 heavy (non-hydrogen) atoms. The van der Waals surface area contributed by atoms with E-state index in [1.807, 2.05) is 32.0 Å². The minimum atomic E-state index is -0.201. The van der Waals surface area contributed by atoms with Gasteiger partial charge in [0.15, 0.2) is 17.5 Å². The Kier molecular flexibility index (Phi) is 8.46. The second-order valence-electron chi connectivity index (χ2n) is 5.46. The number of ether oxygens (including phenoxy) is 3. The van der Waals surface area contributed by atoms with Crippen LogP contribution in [-0.2, 0) is 16.1 Å². The first-order valence-electron chi connectivity index (χ1n) is 7.90. The van der Waals surface area contributed by atoms with Crippen LogP contribution < -0.4 is 20.5 Å². The van der Waals surface area contributed by atoms with Crippen molar-refractivity contribution in [3.63, 3.8) is 0 Å². The Bertz CT molecular complexity index is 559. The van der Waals surface area contributed by atoms with Gasteiger partial charge in [0.25, 0.3) is 0 Å². The Balaban J connectivity index is 2.38. The number of nitrogens with one attached hydrogen (secondary N) is 1. The van der Waals surface area contributed by atoms with Gasteiger partial charge >= 0.3 is 5.97 Å². The van der Waals surface area contributed by atoms with Crippen LogP contribution in [0.4, 0.5) is 0 Å². The fourth-order valence-electron chi connectivity index (χ4n) is 1.98. The first-order valence-corrected chi connectivity index (χ1v) is 7.90. The van der Waals surface area contributed by atoms with E-state index in [-0.39, 0.29) is 12.1 Å². The Morgan fingerprint density at radius 2 is 1.96 bits per heavy atom. The van der Waals surface area contributed by atoms with Crippen molar-refractivity contribution in [1.82, 2.24) is 5.32 Å². The quantitative estimate of drug-likeness (QED) is 0.309. The van der Waals surface area contributed by atoms with Crippen molar-refractivity contribution in [2.45, 2.75) is 39.3 Å². The molecule has 0 radical (unpaired) electrons. The third-order valence-electron chi connectivity index (χ3n) is 3.11. The van der Waals surface area contributed by atoms with Gasteiger partial charge in [-0.1, -0.05) is 6.07 Å². The van der Waals surface area contributed by atoms with E-state index in [1.54, 1.807) is 14.2 Å². The van der Waals surface area contributed by atoms with E-state index in [2.05, 4.69) is 10.3 Å². The fourth-order valence-corrected chi connectivity index (χ4v) is 1.98. The number of hydrogen-bond donors (Lipinski definition) is 2. The summed E-state index contributed by atoms with van der Waals surface area (Å²) in [5, 5.41) is 2.98. The number of carbonyl (C=O) groups is 1. The summed E-state index contributed by atoms with van der Waals surface area (Å²) in [5.74, 6) is 1.46. The van der Waals surface area contributed by atoms with Gasteiger partial charge in [0.05, 0.1) is 26.9 Å². The number of carbonyl (C=O) groups excluding carboxylic acids is 1. The van der Waals surface area contributed by atoms with Crippen LogP contribution in [0.3, 0.4) is 0 Å². The first-order chi connectivity index (χ1) is 11.5. The molecule has 0 bridgehead atoms. The van der Waals surface area contributed by atoms with Crippen LogP contribution in [0.15, 0.2) is 23.2 Å². The molecule has 1 rings (SSSR count). The van der Waals surface area contributed by atoms with Crippen LogP contribution in [-0.4, -0.2) is 38.8 Å². The molecule has 7 nitrogen and oxygen atoms in total. The van der Waals surface area contributed by atoms with E-state index in [4.69, 9.17) is 19.9 Å². The Morgan fingerprint density at radius 3 is 2.58 bits per heavy atom. The minimum absolute atomic E-state index is 0.0846. The standard InChI is InChI=1S/C17H27N3O4/c1-12(2)24-16(21)6-5-9-19-17(18)20-11-13-7-8-14(22-3)15(10-13)23-4/h7-8,10,12H,5-6,9,11H2,1-4H3,(H3,18,19,20). The van der Waals surface area contributed by atoms with Crippen LogP contribution in [0.1, 0.15) is 32.3 Å². The number of nitrogens with two attached hydrogens (primary N) is 1. The molecule has 1 aromatic rings. The lowest BCUT2D eigenvalue weighted by atomic mass is 10.2. The average Bonchev–Trinajstić information content (AvgIpc) is 2.55. The number of guanidine groups is 1. The van der Waals surface area contributed by atoms with Gasteiger partial charge in [-0.3, -0.25) is 4.79 Å². The molecule has 0 saturated carbocycles. The number of benzene rings is 1. The topological polar surface area (TPSA) is 95.2 Å². The molecule has 0 spiro atoms. The van der Waals surface area contributed by atoms with Gasteiger partial charge in [-0.2, -0.15) is 0 Å². The second kappa shape index (κ2) is 10.4. The summed E-state index contributed by atoms with van der Waals surface area (Å²) in [6.45, 7) is 4.65. The normalized spacial score (nSPS) is 11.3. The van der Waals surface area contributed by atoms with E-state index >= 15 is 0 Å². The summed E-state index contributed by atoms with van der Waals surface area (Å²) >= 11 is 0. The number of methoxy groups -OCH3 is 2. The van der Waals surface area contributed by atoms with Gasteiger partial charge in [-0.05, 0) is 38.0 Å². The van der Waals surface area contributed by atoms with Crippen LogP contribution in [0.5, 0.6) is 11.5 Å². The first kappa shape index (κ1) is 19.6. The van der Waals surface area contributed by atoms with E-state index in [1.165, 1.54) is 0 Å². The highest BCUT2D eigenvalue weighted by atomic mass is 16.5. The number of nitrogens with zero attached hydrogens (tertiary/aromatic N) is 1. The molecular formula is C17H27N3O4. The fraction of sp³-hybridized carbons (Fsp3) is 0.529. The van der Waals surface area contributed by atoms with Crippen LogP contribution in [0, 0.1) is 0 Å². The van der Waals surface area contributed by atoms with Gasteiger partial charge in [-0.15, -0.1) is 0 Å². The van der Waals surface area contributed by atoms with Gasteiger partial charge in [0.1, 0.15) is 0 Å². The van der Waals surface area contributed by atoms with E-state index in [0.717, 1.165) is 5.56 Å². The van der Waals surface area contributed by atoms with Gasteiger partial charge in [0, 0.05) is 13.0 Å². The highest BCUT2D eigenvalue weighted by Crippen LogP contribution is 2.27. The number of rotatable bonds is 9. The predicted molar refractivity (Wildman–Crippen MR) is 93.3 cm³/mol. The van der Waals surface area contributed by atoms with Crippen LogP contribution in [0.25, 0.3) is 0 Å². The maximum absolute atomic E-state index is 11.4. The molecule has 3 N–H and O–H groups in total. The molecule has 0 aromatic heterocycles. The predicted octanol–water partition coefficient (Wildman–Crippen LogP) is 1.84. The summed E-state index contributed by atoms with van der Waals surface area (Å²) in [6.07, 6.45) is 0.908. The zero-order valence-corrected chi connectivity index (χ0v) is 14.8. The second-order valence-corrected chi connectivity index (χ2v) is 5.46. The van der Waals surface area contributed by atoms with Crippen molar-refractivity contribution < 1.29 is 19.0 Å². The van der Waals surface area contributed by atoms with Crippen molar-refractivity contribution in [2.24, 2.45) is 10.7 Å². The summed E-state index contributed by atoms with van der Waals surface area (Å²) in [6, 6.07) is 5.59. The third-order valence-corrected chi connectivity index (χ3v) is 3.11. The lowest BCUT2D eigenvalue weighted by Crippen LogP contribution is -2.32. The number of esters is 1. The summed E-state index contributed by atoms with van der Waals surface area (Å²) < 4.78 is 15.5. The molecule has 0 aliphatic heterocycles. The zero-order valence-electron chi connectivity index (χ0n) is 14.8. The molecule has 0 saturated heterocycles. The molecule has 134 valence electrons. The molecule has 0 aliphatic rings. The highest BCUT2D eigenvalue weighted by molar-refractivity contribution is 5.77. The van der Waals surface area contributed by atoms with Crippen LogP contribution in [0.2, 0.25) is 0 Å². The van der Waals surface area contributed by atoms with Crippen molar-refractivity contribution in [1.29, 1.82) is 0 Å². The summed E-state index contributed by atoms with van der Waals surface area (Å²) in [4.78, 5) is 15.6. The molecule has 0 heterocycles. The largest absolute Gasteiger partial charge is 0.493 e. The number of aliphatic imine (C=N–C) groups is 1. The average molecular weight is 337 g/mol. The molecular weight excluding hydrogens is 310 g/mol. The van der Waals surface area contributed by atoms with Crippen molar-refractivity contribution >= 4 is 11.9 Å². The number of hydrogen-bond acceptors (Lipinski definition) is 5. The van der Waals surface area contributed by atoms with Crippen molar-refractivity contribution in [2.75, 3.05) is 20.8 Å². The molecule has 1 aromatic carbocycles. The highest BCUT2D eigenvalue weighted by Gasteiger charge is 2.06. The third kappa shape index (κ3) is 7.21. The Hall–Kier alpha value is -2.44. The van der Waals surface area contributed by atoms with Crippen molar-refractivity contribution in [3.05, 3.63) is 23.8 Å². The Morgan fingerprint density at radius 1 is 1.25 bits per heavy atom. The van der Waals surface area contributed by atoms with Gasteiger partial charge in [0.2, 0.25) is 0 Å². The molecule has 0 atom stereocenters. The molecule has 0 amide bonds. The zero-order chi connectivity index (χ0) is 17.9. The van der Waals surface area contributed by atoms with Gasteiger partial charge in [-0.25, -0.2) is 4.99 Å². The minimum Gasteiger partial charge on any atom is -0.493 e. The maximum atomic E-state index is 11.4. The lowest BCUT2D eigenvalue weighted by Gasteiger charge is -2.09. The van der Waals surface area contributed by atoms with Gasteiger partial charge < -0.3 is 25.3 Å². The van der Waals surface area contributed by atoms with E-state index in [9.17, 15) is 4.79 Å². The maximum Gasteiger partial charge on any atom is 0.306 e. The lowest BCUT2D eigenvalue weighted by molar-refractivity contribution is -0.147. The van der Waals surface area contributed by atoms with Crippen molar-refractivity contribution in [3.8, 4) is 11.5 Å². The summed E-state index contributed by atoms with van der Waals surface area (Å²) in [7, 11) is 3.18. The Labute approximate surface area is 143 Å². The molecule has 0 unspecified atom stereocenters. The molecule has 7 heteroatoms. The SMILES string of the molecule is COc1ccc(CN=C(N)NCCCC(=O)OC(C)C)cc1OC. The smallest absolute Gasteiger partial charge is 0.306 e. The van der Waals surface area contributed by atoms with Crippen LogP contribution >= 0.6 is 0 Å². The monoisotopic (exact) mass is 337 g/mol. The van der Waals surface area contributed by atoms with E-state index < -0.39 is 0 Å². The summed E-state index contributed by atoms with van der Waals surface area (Å²) in [5.41, 5.74) is 6.77. The molecule has 0 aliphatic carbocycles. The van der Waals surface area contributed by atoms with E-state index in [0.29, 0.717) is 43.4 Å². The molecule has 0 fully saturated rings.